The van der Waals surface area contributed by atoms with Crippen molar-refractivity contribution in [2.45, 2.75) is 98.8 Å². The zero-order valence-corrected chi connectivity index (χ0v) is 19.9. The summed E-state index contributed by atoms with van der Waals surface area (Å²) in [5.74, 6) is 0.0535. The van der Waals surface area contributed by atoms with Crippen LogP contribution in [0.1, 0.15) is 98.8 Å². The van der Waals surface area contributed by atoms with Crippen LogP contribution in [0.3, 0.4) is 0 Å². The van der Waals surface area contributed by atoms with E-state index in [0.717, 1.165) is 44.9 Å². The Balaban J connectivity index is 4.37. The molecule has 0 saturated heterocycles. The minimum atomic E-state index is -0.490. The van der Waals surface area contributed by atoms with Crippen molar-refractivity contribution in [2.75, 3.05) is 13.2 Å². The Kier molecular flexibility index (Phi) is 17.1. The molecule has 0 aliphatic carbocycles. The fourth-order valence-electron chi connectivity index (χ4n) is 2.81. The van der Waals surface area contributed by atoms with Crippen molar-refractivity contribution in [3.8, 4) is 0 Å². The number of ketones is 1. The normalized spacial score (nSPS) is 12.5. The lowest BCUT2D eigenvalue weighted by molar-refractivity contribution is -0.155. The quantitative estimate of drug-likeness (QED) is 0.152. The van der Waals surface area contributed by atoms with Crippen molar-refractivity contribution >= 4 is 17.7 Å². The number of carbonyl (C=O) groups excluding carboxylic acids is 3. The minimum absolute atomic E-state index is 0.0635. The second-order valence-electron chi connectivity index (χ2n) is 9.02. The second-order valence-corrected chi connectivity index (χ2v) is 9.02. The van der Waals surface area contributed by atoms with Crippen LogP contribution in [-0.2, 0) is 23.9 Å². The first-order valence-corrected chi connectivity index (χ1v) is 11.7. The summed E-state index contributed by atoms with van der Waals surface area (Å²) in [6.07, 6.45) is 12.0. The highest BCUT2D eigenvalue weighted by Crippen LogP contribution is 2.15. The van der Waals surface area contributed by atoms with Gasteiger partial charge in [-0.3, -0.25) is 9.59 Å². The Labute approximate surface area is 184 Å². The SMILES string of the molecule is CC(=O)CCCCCC/C=C/CC(CC(=O)OCCC(C)C)C(=O)OCCC(C)C. The first-order valence-electron chi connectivity index (χ1n) is 11.7. The minimum Gasteiger partial charge on any atom is -0.466 e. The molecular formula is C25H44O5. The van der Waals surface area contributed by atoms with Gasteiger partial charge in [0.05, 0.1) is 25.6 Å². The van der Waals surface area contributed by atoms with Gasteiger partial charge in [0.2, 0.25) is 0 Å². The molecule has 0 amide bonds. The predicted octanol–water partition coefficient (Wildman–Crippen LogP) is 6.05. The van der Waals surface area contributed by atoms with Crippen LogP contribution in [0.15, 0.2) is 12.2 Å². The summed E-state index contributed by atoms with van der Waals surface area (Å²) in [7, 11) is 0. The van der Waals surface area contributed by atoms with E-state index in [-0.39, 0.29) is 24.1 Å². The third-order valence-electron chi connectivity index (χ3n) is 4.88. The van der Waals surface area contributed by atoms with E-state index < -0.39 is 5.92 Å². The van der Waals surface area contributed by atoms with Gasteiger partial charge in [-0.1, -0.05) is 52.7 Å². The van der Waals surface area contributed by atoms with Gasteiger partial charge >= 0.3 is 11.9 Å². The molecule has 1 unspecified atom stereocenters. The van der Waals surface area contributed by atoms with E-state index in [2.05, 4.69) is 33.8 Å². The molecule has 0 aliphatic heterocycles. The van der Waals surface area contributed by atoms with Crippen molar-refractivity contribution in [1.29, 1.82) is 0 Å². The molecule has 0 heterocycles. The molecular weight excluding hydrogens is 380 g/mol. The van der Waals surface area contributed by atoms with E-state index >= 15 is 0 Å². The molecule has 30 heavy (non-hydrogen) atoms. The molecule has 0 spiro atoms. The maximum Gasteiger partial charge on any atom is 0.309 e. The molecule has 0 aromatic carbocycles. The summed E-state index contributed by atoms with van der Waals surface area (Å²) in [5, 5.41) is 0. The van der Waals surface area contributed by atoms with Crippen LogP contribution in [0.5, 0.6) is 0 Å². The van der Waals surface area contributed by atoms with Gasteiger partial charge in [-0.2, -0.15) is 0 Å². The number of hydrogen-bond acceptors (Lipinski definition) is 5. The van der Waals surface area contributed by atoms with Gasteiger partial charge < -0.3 is 14.3 Å². The van der Waals surface area contributed by atoms with Crippen LogP contribution in [0.2, 0.25) is 0 Å². The monoisotopic (exact) mass is 424 g/mol. The fourth-order valence-corrected chi connectivity index (χ4v) is 2.81. The third kappa shape index (κ3) is 18.4. The highest BCUT2D eigenvalue weighted by atomic mass is 16.5. The summed E-state index contributed by atoms with van der Waals surface area (Å²) in [6.45, 7) is 10.7. The van der Waals surface area contributed by atoms with Gasteiger partial charge in [0.25, 0.3) is 0 Å². The topological polar surface area (TPSA) is 69.7 Å². The Morgan fingerprint density at radius 3 is 2.00 bits per heavy atom. The van der Waals surface area contributed by atoms with Crippen LogP contribution in [0, 0.1) is 17.8 Å². The average Bonchev–Trinajstić information content (AvgIpc) is 2.64. The van der Waals surface area contributed by atoms with E-state index in [0.29, 0.717) is 37.9 Å². The smallest absolute Gasteiger partial charge is 0.309 e. The maximum absolute atomic E-state index is 12.4. The lowest BCUT2D eigenvalue weighted by atomic mass is 10.0. The average molecular weight is 425 g/mol. The van der Waals surface area contributed by atoms with Gasteiger partial charge in [-0.05, 0) is 57.3 Å². The molecule has 0 aliphatic rings. The van der Waals surface area contributed by atoms with E-state index in [4.69, 9.17) is 9.47 Å². The first-order chi connectivity index (χ1) is 14.2. The van der Waals surface area contributed by atoms with E-state index in [1.54, 1.807) is 6.92 Å². The maximum atomic E-state index is 12.4. The number of Topliss-reactive ketones (excluding diaryl/α,β-unsaturated/α-hetero) is 1. The van der Waals surface area contributed by atoms with E-state index in [9.17, 15) is 14.4 Å². The largest absolute Gasteiger partial charge is 0.466 e. The first kappa shape index (κ1) is 28.4. The number of unbranched alkanes of at least 4 members (excludes halogenated alkanes) is 4. The number of esters is 2. The molecule has 1 atom stereocenters. The molecule has 0 saturated carbocycles. The van der Waals surface area contributed by atoms with Crippen LogP contribution < -0.4 is 0 Å². The lowest BCUT2D eigenvalue weighted by Gasteiger charge is -2.15. The summed E-state index contributed by atoms with van der Waals surface area (Å²) in [4.78, 5) is 35.5. The summed E-state index contributed by atoms with van der Waals surface area (Å²) in [5.41, 5.74) is 0. The third-order valence-corrected chi connectivity index (χ3v) is 4.88. The zero-order chi connectivity index (χ0) is 22.8. The number of ether oxygens (including phenoxy) is 2. The van der Waals surface area contributed by atoms with Crippen molar-refractivity contribution < 1.29 is 23.9 Å². The van der Waals surface area contributed by atoms with E-state index in [1.165, 1.54) is 0 Å². The van der Waals surface area contributed by atoms with Gasteiger partial charge in [-0.15, -0.1) is 0 Å². The van der Waals surface area contributed by atoms with Gasteiger partial charge in [-0.25, -0.2) is 0 Å². The summed E-state index contributed by atoms with van der Waals surface area (Å²) < 4.78 is 10.7. The number of carbonyl (C=O) groups is 3. The fraction of sp³-hybridized carbons (Fsp3) is 0.800. The second kappa shape index (κ2) is 18.1. The molecule has 174 valence electrons. The molecule has 0 rings (SSSR count). The number of rotatable bonds is 18. The highest BCUT2D eigenvalue weighted by molar-refractivity contribution is 5.80. The lowest BCUT2D eigenvalue weighted by Crippen LogP contribution is -2.23. The molecule has 0 aromatic heterocycles. The molecule has 0 N–H and O–H groups in total. The molecule has 5 nitrogen and oxygen atoms in total. The van der Waals surface area contributed by atoms with Crippen molar-refractivity contribution in [3.63, 3.8) is 0 Å². The van der Waals surface area contributed by atoms with Crippen LogP contribution in [0.4, 0.5) is 0 Å². The highest BCUT2D eigenvalue weighted by Gasteiger charge is 2.23. The molecule has 5 heteroatoms. The molecule has 0 fully saturated rings. The van der Waals surface area contributed by atoms with Crippen LogP contribution in [0.25, 0.3) is 0 Å². The number of allylic oxidation sites excluding steroid dienone is 2. The van der Waals surface area contributed by atoms with Gasteiger partial charge in [0.1, 0.15) is 5.78 Å². The van der Waals surface area contributed by atoms with Crippen molar-refractivity contribution in [2.24, 2.45) is 17.8 Å². The zero-order valence-electron chi connectivity index (χ0n) is 19.9. The van der Waals surface area contributed by atoms with Gasteiger partial charge in [0, 0.05) is 6.42 Å². The summed E-state index contributed by atoms with van der Waals surface area (Å²) in [6, 6.07) is 0. The van der Waals surface area contributed by atoms with Crippen LogP contribution >= 0.6 is 0 Å². The van der Waals surface area contributed by atoms with E-state index in [1.807, 2.05) is 6.08 Å². The predicted molar refractivity (Wildman–Crippen MR) is 121 cm³/mol. The Bertz CT molecular complexity index is 508. The Morgan fingerprint density at radius 2 is 1.40 bits per heavy atom. The molecule has 0 radical (unpaired) electrons. The number of hydrogen-bond donors (Lipinski definition) is 0. The van der Waals surface area contributed by atoms with Crippen molar-refractivity contribution in [1.82, 2.24) is 0 Å². The van der Waals surface area contributed by atoms with Gasteiger partial charge in [0.15, 0.2) is 0 Å². The van der Waals surface area contributed by atoms with Crippen LogP contribution in [-0.4, -0.2) is 30.9 Å². The van der Waals surface area contributed by atoms with Crippen molar-refractivity contribution in [3.05, 3.63) is 12.2 Å². The Morgan fingerprint density at radius 1 is 0.800 bits per heavy atom. The molecule has 0 bridgehead atoms. The standard InChI is InChI=1S/C25H44O5/c1-20(2)15-17-29-24(27)19-23(25(28)30-18-16-21(3)4)14-12-10-8-6-7-9-11-13-22(5)26/h10,12,20-21,23H,6-9,11,13-19H2,1-5H3/b12-10+. The molecule has 0 aromatic rings. The summed E-state index contributed by atoms with van der Waals surface area (Å²) >= 11 is 0. The Hall–Kier alpha value is -1.65.